The van der Waals surface area contributed by atoms with Crippen molar-refractivity contribution in [2.24, 2.45) is 4.99 Å². The van der Waals surface area contributed by atoms with E-state index in [4.69, 9.17) is 4.74 Å². The highest BCUT2D eigenvalue weighted by Crippen LogP contribution is 2.22. The fraction of sp³-hybridized carbons (Fsp3) is 0.900. The average Bonchev–Trinajstić information content (AvgIpc) is 2.45. The van der Waals surface area contributed by atoms with Gasteiger partial charge in [-0.2, -0.15) is 0 Å². The van der Waals surface area contributed by atoms with Gasteiger partial charge in [0.05, 0.1) is 12.6 Å². The minimum absolute atomic E-state index is 0.189. The van der Waals surface area contributed by atoms with Crippen LogP contribution < -0.4 is 5.32 Å². The van der Waals surface area contributed by atoms with E-state index in [0.29, 0.717) is 12.6 Å². The first-order valence-corrected chi connectivity index (χ1v) is 6.03. The van der Waals surface area contributed by atoms with Crippen molar-refractivity contribution in [3.05, 3.63) is 0 Å². The van der Waals surface area contributed by atoms with E-state index in [1.807, 2.05) is 0 Å². The predicted octanol–water partition coefficient (Wildman–Crippen LogP) is 1.88. The van der Waals surface area contributed by atoms with Gasteiger partial charge in [-0.3, -0.25) is 4.99 Å². The number of nitrogens with one attached hydrogen (secondary N) is 1. The SMILES string of the molecule is CCC(COC)N=C1NC(C)(C)CS1. The number of methoxy groups -OCH3 is 1. The molecule has 1 aliphatic rings. The summed E-state index contributed by atoms with van der Waals surface area (Å²) in [6.45, 7) is 7.24. The quantitative estimate of drug-likeness (QED) is 0.779. The molecule has 0 spiro atoms. The molecule has 0 bridgehead atoms. The lowest BCUT2D eigenvalue weighted by Crippen LogP contribution is -2.37. The van der Waals surface area contributed by atoms with Gasteiger partial charge in [-0.05, 0) is 20.3 Å². The van der Waals surface area contributed by atoms with E-state index in [-0.39, 0.29) is 5.54 Å². The Morgan fingerprint density at radius 3 is 2.79 bits per heavy atom. The largest absolute Gasteiger partial charge is 0.382 e. The Morgan fingerprint density at radius 2 is 2.36 bits per heavy atom. The molecule has 1 saturated heterocycles. The summed E-state index contributed by atoms with van der Waals surface area (Å²) in [7, 11) is 1.72. The lowest BCUT2D eigenvalue weighted by Gasteiger charge is -2.16. The second-order valence-electron chi connectivity index (χ2n) is 4.25. The predicted molar refractivity (Wildman–Crippen MR) is 63.1 cm³/mol. The van der Waals surface area contributed by atoms with Crippen LogP contribution in [0, 0.1) is 0 Å². The number of nitrogens with zero attached hydrogens (tertiary/aromatic N) is 1. The Bertz CT molecular complexity index is 216. The van der Waals surface area contributed by atoms with Crippen molar-refractivity contribution in [2.75, 3.05) is 19.5 Å². The first-order valence-electron chi connectivity index (χ1n) is 5.05. The van der Waals surface area contributed by atoms with E-state index >= 15 is 0 Å². The fourth-order valence-corrected chi connectivity index (χ4v) is 2.43. The van der Waals surface area contributed by atoms with Crippen LogP contribution >= 0.6 is 11.8 Å². The molecule has 1 unspecified atom stereocenters. The van der Waals surface area contributed by atoms with Crippen LogP contribution in [0.4, 0.5) is 0 Å². The van der Waals surface area contributed by atoms with Crippen LogP contribution in [-0.4, -0.2) is 36.2 Å². The monoisotopic (exact) mass is 216 g/mol. The summed E-state index contributed by atoms with van der Waals surface area (Å²) in [6, 6.07) is 0.295. The molecule has 0 aliphatic carbocycles. The summed E-state index contributed by atoms with van der Waals surface area (Å²) in [5, 5.41) is 4.48. The summed E-state index contributed by atoms with van der Waals surface area (Å²) >= 11 is 1.80. The molecule has 1 rings (SSSR count). The third-order valence-electron chi connectivity index (χ3n) is 2.15. The average molecular weight is 216 g/mol. The summed E-state index contributed by atoms with van der Waals surface area (Å²) in [5.74, 6) is 1.09. The van der Waals surface area contributed by atoms with Gasteiger partial charge in [-0.1, -0.05) is 18.7 Å². The molecule has 1 N–H and O–H groups in total. The molecule has 0 saturated carbocycles. The zero-order valence-corrected chi connectivity index (χ0v) is 10.3. The van der Waals surface area contributed by atoms with E-state index in [1.165, 1.54) is 0 Å². The Morgan fingerprint density at radius 1 is 1.64 bits per heavy atom. The van der Waals surface area contributed by atoms with E-state index < -0.39 is 0 Å². The molecule has 1 aliphatic heterocycles. The smallest absolute Gasteiger partial charge is 0.157 e. The van der Waals surface area contributed by atoms with Crippen molar-refractivity contribution in [3.63, 3.8) is 0 Å². The molecule has 1 atom stereocenters. The van der Waals surface area contributed by atoms with E-state index in [1.54, 1.807) is 18.9 Å². The Kier molecular flexibility index (Phi) is 4.26. The zero-order valence-electron chi connectivity index (χ0n) is 9.46. The van der Waals surface area contributed by atoms with E-state index in [0.717, 1.165) is 17.3 Å². The van der Waals surface area contributed by atoms with Gasteiger partial charge in [0.1, 0.15) is 0 Å². The van der Waals surface area contributed by atoms with Crippen LogP contribution in [0.15, 0.2) is 4.99 Å². The molecule has 0 radical (unpaired) electrons. The maximum atomic E-state index is 5.11. The second kappa shape index (κ2) is 5.03. The normalized spacial score (nSPS) is 25.0. The van der Waals surface area contributed by atoms with Gasteiger partial charge in [0.25, 0.3) is 0 Å². The molecule has 3 nitrogen and oxygen atoms in total. The van der Waals surface area contributed by atoms with E-state index in [2.05, 4.69) is 31.1 Å². The first-order chi connectivity index (χ1) is 6.57. The number of amidine groups is 1. The summed E-state index contributed by atoms with van der Waals surface area (Å²) in [5.41, 5.74) is 0.189. The molecule has 0 amide bonds. The lowest BCUT2D eigenvalue weighted by molar-refractivity contribution is 0.179. The van der Waals surface area contributed by atoms with Crippen LogP contribution in [0.3, 0.4) is 0 Å². The van der Waals surface area contributed by atoms with Gasteiger partial charge >= 0.3 is 0 Å². The Labute approximate surface area is 90.7 Å². The standard InChI is InChI=1S/C10H20N2OS/c1-5-8(6-13-4)11-9-12-10(2,3)7-14-9/h8H,5-7H2,1-4H3,(H,11,12). The fourth-order valence-electron chi connectivity index (χ4n) is 1.28. The molecule has 0 aromatic heterocycles. The number of hydrogen-bond acceptors (Lipinski definition) is 3. The highest BCUT2D eigenvalue weighted by Gasteiger charge is 2.27. The Hall–Kier alpha value is -0.220. The van der Waals surface area contributed by atoms with Crippen LogP contribution in [0.5, 0.6) is 0 Å². The summed E-state index contributed by atoms with van der Waals surface area (Å²) in [4.78, 5) is 4.62. The van der Waals surface area contributed by atoms with Crippen molar-refractivity contribution in [2.45, 2.75) is 38.8 Å². The number of rotatable bonds is 4. The van der Waals surface area contributed by atoms with Crippen molar-refractivity contribution in [1.29, 1.82) is 0 Å². The minimum Gasteiger partial charge on any atom is -0.382 e. The maximum Gasteiger partial charge on any atom is 0.157 e. The number of aliphatic imine (C=N–C) groups is 1. The molecule has 0 aromatic carbocycles. The van der Waals surface area contributed by atoms with Crippen molar-refractivity contribution in [1.82, 2.24) is 5.32 Å². The van der Waals surface area contributed by atoms with Crippen LogP contribution in [-0.2, 0) is 4.74 Å². The summed E-state index contributed by atoms with van der Waals surface area (Å²) < 4.78 is 5.11. The highest BCUT2D eigenvalue weighted by molar-refractivity contribution is 8.14. The van der Waals surface area contributed by atoms with Gasteiger partial charge in [-0.25, -0.2) is 0 Å². The zero-order chi connectivity index (χ0) is 10.6. The third kappa shape index (κ3) is 3.50. The second-order valence-corrected chi connectivity index (χ2v) is 5.21. The third-order valence-corrected chi connectivity index (χ3v) is 3.49. The van der Waals surface area contributed by atoms with Crippen molar-refractivity contribution < 1.29 is 4.74 Å². The number of ether oxygens (including phenoxy) is 1. The van der Waals surface area contributed by atoms with Gasteiger partial charge in [-0.15, -0.1) is 0 Å². The lowest BCUT2D eigenvalue weighted by atomic mass is 10.1. The van der Waals surface area contributed by atoms with Gasteiger partial charge in [0, 0.05) is 18.4 Å². The minimum atomic E-state index is 0.189. The molecule has 1 fully saturated rings. The van der Waals surface area contributed by atoms with Gasteiger partial charge in [0.2, 0.25) is 0 Å². The van der Waals surface area contributed by atoms with Crippen LogP contribution in [0.2, 0.25) is 0 Å². The Balaban J connectivity index is 2.51. The maximum absolute atomic E-state index is 5.11. The molecule has 4 heteroatoms. The first kappa shape index (κ1) is 11.9. The van der Waals surface area contributed by atoms with Gasteiger partial charge in [0.15, 0.2) is 5.17 Å². The molecular weight excluding hydrogens is 196 g/mol. The van der Waals surface area contributed by atoms with Crippen LogP contribution in [0.25, 0.3) is 0 Å². The number of hydrogen-bond donors (Lipinski definition) is 1. The topological polar surface area (TPSA) is 33.6 Å². The highest BCUT2D eigenvalue weighted by atomic mass is 32.2. The summed E-state index contributed by atoms with van der Waals surface area (Å²) in [6.07, 6.45) is 1.03. The molecular formula is C10H20N2OS. The molecule has 82 valence electrons. The van der Waals surface area contributed by atoms with E-state index in [9.17, 15) is 0 Å². The molecule has 0 aromatic rings. The molecule has 1 heterocycles. The van der Waals surface area contributed by atoms with Crippen LogP contribution in [0.1, 0.15) is 27.2 Å². The van der Waals surface area contributed by atoms with Crippen molar-refractivity contribution in [3.8, 4) is 0 Å². The molecule has 14 heavy (non-hydrogen) atoms. The van der Waals surface area contributed by atoms with Gasteiger partial charge < -0.3 is 10.1 Å². The van der Waals surface area contributed by atoms with Crippen molar-refractivity contribution >= 4 is 16.9 Å². The number of thioether (sulfide) groups is 1.